The number of carbonyl (C=O) groups excluding carboxylic acids is 2. The number of carbonyl (C=O) groups is 2. The van der Waals surface area contributed by atoms with Gasteiger partial charge in [0.1, 0.15) is 12.4 Å². The molecule has 0 bridgehead atoms. The lowest BCUT2D eigenvalue weighted by Gasteiger charge is -2.21. The number of rotatable bonds is 5. The van der Waals surface area contributed by atoms with Crippen molar-refractivity contribution in [3.63, 3.8) is 0 Å². The lowest BCUT2D eigenvalue weighted by molar-refractivity contribution is 0.0351. The summed E-state index contributed by atoms with van der Waals surface area (Å²) in [6.07, 6.45) is 0.916. The molecule has 6 heteroatoms. The van der Waals surface area contributed by atoms with Gasteiger partial charge in [-0.1, -0.05) is 23.7 Å². The summed E-state index contributed by atoms with van der Waals surface area (Å²) in [6, 6.07) is 7.47. The fraction of sp³-hybridized carbons (Fsp3) is 0.368. The predicted octanol–water partition coefficient (Wildman–Crippen LogP) is 3.96. The summed E-state index contributed by atoms with van der Waals surface area (Å²) in [5.41, 5.74) is 2.05. The van der Waals surface area contributed by atoms with Gasteiger partial charge in [0.25, 0.3) is 0 Å². The van der Waals surface area contributed by atoms with Crippen LogP contribution in [0.5, 0.6) is 0 Å². The van der Waals surface area contributed by atoms with E-state index in [4.69, 9.17) is 25.5 Å². The molecule has 0 radical (unpaired) electrons. The molecule has 5 nitrogen and oxygen atoms in total. The van der Waals surface area contributed by atoms with E-state index >= 15 is 0 Å². The monoisotopic (exact) mass is 362 g/mol. The van der Waals surface area contributed by atoms with Gasteiger partial charge in [-0.25, -0.2) is 4.79 Å². The zero-order chi connectivity index (χ0) is 18.0. The molecule has 0 spiro atoms. The second-order valence-electron chi connectivity index (χ2n) is 6.07. The van der Waals surface area contributed by atoms with Crippen molar-refractivity contribution in [2.45, 2.75) is 25.7 Å². The van der Waals surface area contributed by atoms with Gasteiger partial charge in [0.2, 0.25) is 5.76 Å². The Morgan fingerprint density at radius 1 is 1.32 bits per heavy atom. The van der Waals surface area contributed by atoms with Crippen LogP contribution in [0.2, 0.25) is 5.02 Å². The van der Waals surface area contributed by atoms with E-state index in [1.165, 1.54) is 7.11 Å². The molecule has 0 amide bonds. The maximum Gasteiger partial charge on any atom is 0.374 e. The van der Waals surface area contributed by atoms with Crippen LogP contribution in [-0.2, 0) is 15.9 Å². The van der Waals surface area contributed by atoms with Gasteiger partial charge in [-0.3, -0.25) is 4.79 Å². The zero-order valence-electron chi connectivity index (χ0n) is 14.1. The third-order valence-corrected chi connectivity index (χ3v) is 4.62. The summed E-state index contributed by atoms with van der Waals surface area (Å²) >= 11 is 6.05. The number of hydrogen-bond donors (Lipinski definition) is 0. The molecule has 0 fully saturated rings. The third-order valence-electron chi connectivity index (χ3n) is 4.39. The van der Waals surface area contributed by atoms with E-state index in [1.54, 1.807) is 13.0 Å². The molecule has 1 aliphatic carbocycles. The summed E-state index contributed by atoms with van der Waals surface area (Å²) in [6.45, 7) is 2.16. The molecule has 2 aromatic rings. The molecule has 1 aromatic carbocycles. The lowest BCUT2D eigenvalue weighted by atomic mass is 9.82. The van der Waals surface area contributed by atoms with Crippen LogP contribution in [0.4, 0.5) is 0 Å². The molecular formula is C19H19ClO5. The molecule has 1 heterocycles. The molecule has 25 heavy (non-hydrogen) atoms. The molecule has 1 aromatic heterocycles. The van der Waals surface area contributed by atoms with Crippen molar-refractivity contribution in [2.24, 2.45) is 0 Å². The molecule has 1 aliphatic rings. The summed E-state index contributed by atoms with van der Waals surface area (Å²) in [4.78, 5) is 24.8. The van der Waals surface area contributed by atoms with Gasteiger partial charge in [0, 0.05) is 30.5 Å². The van der Waals surface area contributed by atoms with Crippen LogP contribution in [0.3, 0.4) is 0 Å². The fourth-order valence-electron chi connectivity index (χ4n) is 3.18. The van der Waals surface area contributed by atoms with Crippen molar-refractivity contribution in [1.29, 1.82) is 0 Å². The smallest absolute Gasteiger partial charge is 0.374 e. The van der Waals surface area contributed by atoms with Gasteiger partial charge >= 0.3 is 5.97 Å². The summed E-state index contributed by atoms with van der Waals surface area (Å²) in [7, 11) is 1.53. The van der Waals surface area contributed by atoms with Crippen molar-refractivity contribution in [3.05, 3.63) is 57.5 Å². The van der Waals surface area contributed by atoms with Crippen molar-refractivity contribution < 1.29 is 23.5 Å². The number of ketones is 1. The number of fused-ring (bicyclic) bond motifs is 1. The van der Waals surface area contributed by atoms with E-state index in [9.17, 15) is 9.59 Å². The van der Waals surface area contributed by atoms with Crippen molar-refractivity contribution >= 4 is 23.4 Å². The second-order valence-corrected chi connectivity index (χ2v) is 6.50. The number of methoxy groups -OCH3 is 1. The molecule has 132 valence electrons. The minimum Gasteiger partial charge on any atom is -0.457 e. The molecular weight excluding hydrogens is 344 g/mol. The number of hydrogen-bond acceptors (Lipinski definition) is 5. The van der Waals surface area contributed by atoms with E-state index in [-0.39, 0.29) is 24.1 Å². The highest BCUT2D eigenvalue weighted by molar-refractivity contribution is 6.30. The Bertz CT molecular complexity index is 808. The Kier molecular flexibility index (Phi) is 5.25. The first-order valence-corrected chi connectivity index (χ1v) is 8.46. The Hall–Kier alpha value is -2.11. The Balaban J connectivity index is 1.85. The number of Topliss-reactive ketones (excluding diaryl/α,β-unsaturated/α-hetero) is 1. The maximum atomic E-state index is 12.6. The number of furan rings is 1. The van der Waals surface area contributed by atoms with Crippen LogP contribution >= 0.6 is 11.6 Å². The van der Waals surface area contributed by atoms with Crippen LogP contribution in [0, 0.1) is 6.92 Å². The highest BCUT2D eigenvalue weighted by Crippen LogP contribution is 2.37. The SMILES string of the molecule is COCCOC(=O)c1oc2c(c1C)C(=O)C[C@@H](c1cccc(Cl)c1)C2. The molecule has 0 N–H and O–H groups in total. The van der Waals surface area contributed by atoms with Gasteiger partial charge in [-0.15, -0.1) is 0 Å². The Labute approximate surface area is 150 Å². The maximum absolute atomic E-state index is 12.6. The standard InChI is InChI=1S/C19H19ClO5/c1-11-17-15(21)9-13(12-4-3-5-14(20)8-12)10-16(17)25-18(11)19(22)24-7-6-23-2/h3-5,8,13H,6-7,9-10H2,1-2H3/t13-/m1/s1. The Morgan fingerprint density at radius 2 is 2.12 bits per heavy atom. The van der Waals surface area contributed by atoms with Crippen LogP contribution in [0.25, 0.3) is 0 Å². The first kappa shape index (κ1) is 17.7. The molecule has 0 saturated carbocycles. The fourth-order valence-corrected chi connectivity index (χ4v) is 3.38. The summed E-state index contributed by atoms with van der Waals surface area (Å²) in [5.74, 6) is 0.0275. The minimum atomic E-state index is -0.573. The highest BCUT2D eigenvalue weighted by Gasteiger charge is 2.34. The van der Waals surface area contributed by atoms with Crippen molar-refractivity contribution in [1.82, 2.24) is 0 Å². The number of esters is 1. The largest absolute Gasteiger partial charge is 0.457 e. The quantitative estimate of drug-likeness (QED) is 0.595. The number of halogens is 1. The molecule has 0 aliphatic heterocycles. The minimum absolute atomic E-state index is 0.0124. The van der Waals surface area contributed by atoms with Crippen LogP contribution in [-0.4, -0.2) is 32.1 Å². The van der Waals surface area contributed by atoms with Gasteiger partial charge < -0.3 is 13.9 Å². The Morgan fingerprint density at radius 3 is 2.84 bits per heavy atom. The van der Waals surface area contributed by atoms with Gasteiger partial charge in [-0.05, 0) is 30.5 Å². The first-order valence-electron chi connectivity index (χ1n) is 8.08. The van der Waals surface area contributed by atoms with Gasteiger partial charge in [-0.2, -0.15) is 0 Å². The zero-order valence-corrected chi connectivity index (χ0v) is 14.9. The third kappa shape index (κ3) is 3.62. The average molecular weight is 363 g/mol. The summed E-state index contributed by atoms with van der Waals surface area (Å²) < 4.78 is 15.7. The number of benzene rings is 1. The highest BCUT2D eigenvalue weighted by atomic mass is 35.5. The normalized spacial score (nSPS) is 16.6. The van der Waals surface area contributed by atoms with Crippen LogP contribution < -0.4 is 0 Å². The number of ether oxygens (including phenoxy) is 2. The molecule has 3 rings (SSSR count). The van der Waals surface area contributed by atoms with E-state index < -0.39 is 5.97 Å². The van der Waals surface area contributed by atoms with Gasteiger partial charge in [0.15, 0.2) is 5.78 Å². The average Bonchev–Trinajstić information content (AvgIpc) is 2.92. The molecule has 0 saturated heterocycles. The molecule has 0 unspecified atom stereocenters. The van der Waals surface area contributed by atoms with E-state index in [1.807, 2.05) is 18.2 Å². The van der Waals surface area contributed by atoms with Crippen molar-refractivity contribution in [2.75, 3.05) is 20.3 Å². The van der Waals surface area contributed by atoms with Gasteiger partial charge in [0.05, 0.1) is 12.2 Å². The topological polar surface area (TPSA) is 65.7 Å². The van der Waals surface area contributed by atoms with Crippen LogP contribution in [0.1, 0.15) is 50.1 Å². The first-order chi connectivity index (χ1) is 12.0. The second kappa shape index (κ2) is 7.42. The van der Waals surface area contributed by atoms with Crippen molar-refractivity contribution in [3.8, 4) is 0 Å². The van der Waals surface area contributed by atoms with Crippen LogP contribution in [0.15, 0.2) is 28.7 Å². The molecule has 1 atom stereocenters. The van der Waals surface area contributed by atoms with E-state index in [2.05, 4.69) is 0 Å². The van der Waals surface area contributed by atoms with E-state index in [0.29, 0.717) is 41.4 Å². The summed E-state index contributed by atoms with van der Waals surface area (Å²) in [5, 5.41) is 0.633. The predicted molar refractivity (Wildman–Crippen MR) is 92.4 cm³/mol. The lowest BCUT2D eigenvalue weighted by Crippen LogP contribution is -2.18. The van der Waals surface area contributed by atoms with E-state index in [0.717, 1.165) is 5.56 Å².